The minimum atomic E-state index is -0.0611. The number of carbonyl (C=O) groups is 2. The van der Waals surface area contributed by atoms with E-state index < -0.39 is 0 Å². The van der Waals surface area contributed by atoms with Crippen LogP contribution in [0.3, 0.4) is 0 Å². The van der Waals surface area contributed by atoms with E-state index in [4.69, 9.17) is 5.73 Å². The Labute approximate surface area is 120 Å². The number of nitrogens with zero attached hydrogens (tertiary/aromatic N) is 1. The molecule has 0 aromatic carbocycles. The van der Waals surface area contributed by atoms with Crippen molar-refractivity contribution >= 4 is 24.2 Å². The number of likely N-dealkylation sites (tertiary alicyclic amines) is 1. The highest BCUT2D eigenvalue weighted by Crippen LogP contribution is 2.31. The lowest BCUT2D eigenvalue weighted by atomic mass is 9.97. The van der Waals surface area contributed by atoms with Gasteiger partial charge in [0, 0.05) is 32.6 Å². The van der Waals surface area contributed by atoms with Gasteiger partial charge in [-0.25, -0.2) is 0 Å². The van der Waals surface area contributed by atoms with Crippen molar-refractivity contribution in [3.63, 3.8) is 0 Å². The average Bonchev–Trinajstić information content (AvgIpc) is 3.20. The molecule has 6 heteroatoms. The van der Waals surface area contributed by atoms with Crippen LogP contribution in [0.5, 0.6) is 0 Å². The third-order valence-electron chi connectivity index (χ3n) is 3.98. The van der Waals surface area contributed by atoms with E-state index >= 15 is 0 Å². The lowest BCUT2D eigenvalue weighted by Gasteiger charge is -2.31. The van der Waals surface area contributed by atoms with Crippen LogP contribution in [0.4, 0.5) is 0 Å². The highest BCUT2D eigenvalue weighted by Gasteiger charge is 2.30. The molecule has 1 heterocycles. The Morgan fingerprint density at radius 3 is 2.63 bits per heavy atom. The van der Waals surface area contributed by atoms with E-state index in [1.54, 1.807) is 11.8 Å². The van der Waals surface area contributed by atoms with Crippen LogP contribution in [0.1, 0.15) is 32.6 Å². The van der Waals surface area contributed by atoms with Crippen molar-refractivity contribution in [1.82, 2.24) is 10.2 Å². The lowest BCUT2D eigenvalue weighted by molar-refractivity contribution is -0.133. The number of piperidine rings is 1. The van der Waals surface area contributed by atoms with E-state index in [2.05, 4.69) is 5.32 Å². The number of nitrogens with two attached hydrogens (primary N) is 1. The summed E-state index contributed by atoms with van der Waals surface area (Å²) in [5.74, 6) is 0.652. The largest absolute Gasteiger partial charge is 0.354 e. The van der Waals surface area contributed by atoms with Gasteiger partial charge in [0.2, 0.25) is 11.8 Å². The van der Waals surface area contributed by atoms with E-state index in [0.717, 1.165) is 19.4 Å². The standard InChI is InChI=1S/C13H23N3O2.ClH/c1-9(17)16-6-2-3-11(8-16)13(18)15-7-12(14)10-4-5-10;/h10-12H,2-8,14H2,1H3,(H,15,18);1H. The van der Waals surface area contributed by atoms with Crippen molar-refractivity contribution in [1.29, 1.82) is 0 Å². The normalized spacial score (nSPS) is 24.3. The maximum absolute atomic E-state index is 12.0. The number of hydrogen-bond donors (Lipinski definition) is 2. The van der Waals surface area contributed by atoms with Gasteiger partial charge in [0.25, 0.3) is 0 Å². The predicted molar refractivity (Wildman–Crippen MR) is 75.9 cm³/mol. The van der Waals surface area contributed by atoms with Gasteiger partial charge in [0.05, 0.1) is 5.92 Å². The van der Waals surface area contributed by atoms with Crippen LogP contribution < -0.4 is 11.1 Å². The van der Waals surface area contributed by atoms with Crippen molar-refractivity contribution in [3.05, 3.63) is 0 Å². The van der Waals surface area contributed by atoms with Gasteiger partial charge >= 0.3 is 0 Å². The molecule has 2 unspecified atom stereocenters. The molecule has 1 saturated heterocycles. The van der Waals surface area contributed by atoms with Crippen LogP contribution in [-0.4, -0.2) is 42.4 Å². The number of halogens is 1. The topological polar surface area (TPSA) is 75.4 Å². The number of nitrogens with one attached hydrogen (secondary N) is 1. The summed E-state index contributed by atoms with van der Waals surface area (Å²) in [6, 6.07) is 0.0986. The van der Waals surface area contributed by atoms with E-state index in [0.29, 0.717) is 19.0 Å². The third-order valence-corrected chi connectivity index (χ3v) is 3.98. The molecule has 1 saturated carbocycles. The first-order chi connectivity index (χ1) is 8.58. The zero-order chi connectivity index (χ0) is 13.1. The SMILES string of the molecule is CC(=O)N1CCCC(C(=O)NCC(N)C2CC2)C1.Cl. The van der Waals surface area contributed by atoms with Gasteiger partial charge in [-0.1, -0.05) is 0 Å². The second kappa shape index (κ2) is 7.10. The fraction of sp³-hybridized carbons (Fsp3) is 0.846. The van der Waals surface area contributed by atoms with Crippen molar-refractivity contribution in [3.8, 4) is 0 Å². The molecule has 1 aliphatic heterocycles. The Kier molecular flexibility index (Phi) is 6.07. The molecule has 2 aliphatic rings. The van der Waals surface area contributed by atoms with Crippen LogP contribution in [0.2, 0.25) is 0 Å². The molecule has 5 nitrogen and oxygen atoms in total. The van der Waals surface area contributed by atoms with Crippen molar-refractivity contribution in [2.24, 2.45) is 17.6 Å². The van der Waals surface area contributed by atoms with Gasteiger partial charge < -0.3 is 16.0 Å². The minimum Gasteiger partial charge on any atom is -0.354 e. The monoisotopic (exact) mass is 289 g/mol. The summed E-state index contributed by atoms with van der Waals surface area (Å²) in [4.78, 5) is 25.1. The smallest absolute Gasteiger partial charge is 0.224 e. The number of rotatable bonds is 4. The quantitative estimate of drug-likeness (QED) is 0.792. The molecule has 0 aromatic heterocycles. The van der Waals surface area contributed by atoms with E-state index in [1.807, 2.05) is 0 Å². The van der Waals surface area contributed by atoms with E-state index in [-0.39, 0.29) is 36.2 Å². The second-order valence-electron chi connectivity index (χ2n) is 5.55. The highest BCUT2D eigenvalue weighted by molar-refractivity contribution is 5.85. The third kappa shape index (κ3) is 4.66. The Hall–Kier alpha value is -0.810. The first-order valence-corrected chi connectivity index (χ1v) is 6.86. The first kappa shape index (κ1) is 16.2. The molecule has 0 radical (unpaired) electrons. The van der Waals surface area contributed by atoms with Crippen LogP contribution >= 0.6 is 12.4 Å². The molecular formula is C13H24ClN3O2. The van der Waals surface area contributed by atoms with Crippen LogP contribution in [0.25, 0.3) is 0 Å². The van der Waals surface area contributed by atoms with Gasteiger partial charge in [-0.15, -0.1) is 12.4 Å². The van der Waals surface area contributed by atoms with Crippen molar-refractivity contribution in [2.75, 3.05) is 19.6 Å². The molecule has 0 spiro atoms. The van der Waals surface area contributed by atoms with Gasteiger partial charge in [-0.3, -0.25) is 9.59 Å². The highest BCUT2D eigenvalue weighted by atomic mass is 35.5. The van der Waals surface area contributed by atoms with Gasteiger partial charge in [0.15, 0.2) is 0 Å². The number of carbonyl (C=O) groups excluding carboxylic acids is 2. The lowest BCUT2D eigenvalue weighted by Crippen LogP contribution is -2.47. The number of amides is 2. The van der Waals surface area contributed by atoms with Crippen LogP contribution in [-0.2, 0) is 9.59 Å². The van der Waals surface area contributed by atoms with Crippen molar-refractivity contribution in [2.45, 2.75) is 38.6 Å². The zero-order valence-corrected chi connectivity index (χ0v) is 12.2. The molecule has 2 amide bonds. The van der Waals surface area contributed by atoms with Gasteiger partial charge in [-0.05, 0) is 31.6 Å². The molecule has 2 atom stereocenters. The molecule has 0 bridgehead atoms. The summed E-state index contributed by atoms with van der Waals surface area (Å²) in [5, 5.41) is 2.93. The van der Waals surface area contributed by atoms with Gasteiger partial charge in [0.1, 0.15) is 0 Å². The average molecular weight is 290 g/mol. The summed E-state index contributed by atoms with van der Waals surface area (Å²) in [6.45, 7) is 3.46. The molecule has 2 rings (SSSR count). The second-order valence-corrected chi connectivity index (χ2v) is 5.55. The molecular weight excluding hydrogens is 266 g/mol. The maximum Gasteiger partial charge on any atom is 0.224 e. The minimum absolute atomic E-state index is 0. The first-order valence-electron chi connectivity index (χ1n) is 6.86. The molecule has 0 aromatic rings. The summed E-state index contributed by atoms with van der Waals surface area (Å²) in [5.41, 5.74) is 5.95. The summed E-state index contributed by atoms with van der Waals surface area (Å²) in [6.07, 6.45) is 4.16. The molecule has 110 valence electrons. The van der Waals surface area contributed by atoms with Gasteiger partial charge in [-0.2, -0.15) is 0 Å². The zero-order valence-electron chi connectivity index (χ0n) is 11.4. The Bertz CT molecular complexity index is 334. The molecule has 1 aliphatic carbocycles. The Morgan fingerprint density at radius 2 is 2.05 bits per heavy atom. The molecule has 2 fully saturated rings. The van der Waals surface area contributed by atoms with Crippen LogP contribution in [0, 0.1) is 11.8 Å². The Morgan fingerprint density at radius 1 is 1.37 bits per heavy atom. The fourth-order valence-corrected chi connectivity index (χ4v) is 2.53. The van der Waals surface area contributed by atoms with Crippen molar-refractivity contribution < 1.29 is 9.59 Å². The van der Waals surface area contributed by atoms with E-state index in [1.165, 1.54) is 12.8 Å². The maximum atomic E-state index is 12.0. The summed E-state index contributed by atoms with van der Waals surface area (Å²) >= 11 is 0. The molecule has 3 N–H and O–H groups in total. The number of hydrogen-bond acceptors (Lipinski definition) is 3. The predicted octanol–water partition coefficient (Wildman–Crippen LogP) is 0.520. The molecule has 19 heavy (non-hydrogen) atoms. The van der Waals surface area contributed by atoms with E-state index in [9.17, 15) is 9.59 Å². The Balaban J connectivity index is 0.00000180. The van der Waals surface area contributed by atoms with Crippen LogP contribution in [0.15, 0.2) is 0 Å². The fourth-order valence-electron chi connectivity index (χ4n) is 2.53. The summed E-state index contributed by atoms with van der Waals surface area (Å²) < 4.78 is 0. The summed E-state index contributed by atoms with van der Waals surface area (Å²) in [7, 11) is 0.